The van der Waals surface area contributed by atoms with E-state index in [-0.39, 0.29) is 5.91 Å². The van der Waals surface area contributed by atoms with Crippen molar-refractivity contribution in [3.8, 4) is 0 Å². The van der Waals surface area contributed by atoms with E-state index in [0.717, 1.165) is 44.0 Å². The lowest BCUT2D eigenvalue weighted by molar-refractivity contribution is 0.0980. The fourth-order valence-corrected chi connectivity index (χ4v) is 3.50. The number of hydrogen-bond acceptors (Lipinski definition) is 5. The monoisotopic (exact) mass is 338 g/mol. The number of ether oxygens (including phenoxy) is 1. The van der Waals surface area contributed by atoms with Crippen molar-refractivity contribution < 1.29 is 9.53 Å². The van der Waals surface area contributed by atoms with Crippen molar-refractivity contribution >= 4 is 17.4 Å². The summed E-state index contributed by atoms with van der Waals surface area (Å²) in [6.45, 7) is 5.76. The van der Waals surface area contributed by atoms with Crippen LogP contribution >= 0.6 is 0 Å². The summed E-state index contributed by atoms with van der Waals surface area (Å²) >= 11 is 0. The summed E-state index contributed by atoms with van der Waals surface area (Å²) < 4.78 is 5.38. The number of amides is 1. The van der Waals surface area contributed by atoms with Gasteiger partial charge in [-0.15, -0.1) is 0 Å². The SMILES string of the molecule is Cc1ccc2c(c1)CCCN2C(=O)c1cc(N2CCOCC2)ncn1. The Morgan fingerprint density at radius 1 is 1.12 bits per heavy atom. The van der Waals surface area contributed by atoms with Crippen LogP contribution in [0, 0.1) is 6.92 Å². The van der Waals surface area contributed by atoms with Gasteiger partial charge < -0.3 is 14.5 Å². The first kappa shape index (κ1) is 16.0. The van der Waals surface area contributed by atoms with Crippen molar-refractivity contribution in [3.63, 3.8) is 0 Å². The molecule has 0 N–H and O–H groups in total. The van der Waals surface area contributed by atoms with Crippen molar-refractivity contribution in [1.29, 1.82) is 0 Å². The minimum atomic E-state index is -0.0540. The fourth-order valence-electron chi connectivity index (χ4n) is 3.50. The molecular weight excluding hydrogens is 316 g/mol. The van der Waals surface area contributed by atoms with E-state index < -0.39 is 0 Å². The van der Waals surface area contributed by atoms with E-state index >= 15 is 0 Å². The molecule has 1 amide bonds. The molecular formula is C19H22N4O2. The second-order valence-corrected chi connectivity index (χ2v) is 6.55. The standard InChI is InChI=1S/C19H22N4O2/c1-14-4-5-17-15(11-14)3-2-6-23(17)19(24)16-12-18(21-13-20-16)22-7-9-25-10-8-22/h4-5,11-13H,2-3,6-10H2,1H3. The molecule has 1 saturated heterocycles. The predicted molar refractivity (Wildman–Crippen MR) is 96.2 cm³/mol. The van der Waals surface area contributed by atoms with Crippen molar-refractivity contribution in [2.24, 2.45) is 0 Å². The number of rotatable bonds is 2. The lowest BCUT2D eigenvalue weighted by Gasteiger charge is -2.30. The van der Waals surface area contributed by atoms with Gasteiger partial charge in [-0.3, -0.25) is 4.79 Å². The van der Waals surface area contributed by atoms with E-state index in [0.29, 0.717) is 18.9 Å². The van der Waals surface area contributed by atoms with Gasteiger partial charge in [0.25, 0.3) is 5.91 Å². The van der Waals surface area contributed by atoms with Gasteiger partial charge in [0.15, 0.2) is 0 Å². The molecule has 0 aliphatic carbocycles. The minimum Gasteiger partial charge on any atom is -0.378 e. The number of aromatic nitrogens is 2. The van der Waals surface area contributed by atoms with Crippen LogP contribution in [0.5, 0.6) is 0 Å². The molecule has 1 aromatic heterocycles. The Labute approximate surface area is 147 Å². The van der Waals surface area contributed by atoms with Crippen LogP contribution < -0.4 is 9.80 Å². The largest absolute Gasteiger partial charge is 0.378 e. The maximum absolute atomic E-state index is 13.1. The highest BCUT2D eigenvalue weighted by atomic mass is 16.5. The van der Waals surface area contributed by atoms with Crippen LogP contribution in [-0.2, 0) is 11.2 Å². The van der Waals surface area contributed by atoms with Crippen LogP contribution in [0.3, 0.4) is 0 Å². The summed E-state index contributed by atoms with van der Waals surface area (Å²) in [7, 11) is 0. The molecule has 0 saturated carbocycles. The van der Waals surface area contributed by atoms with Crippen LogP contribution in [-0.4, -0.2) is 48.7 Å². The number of hydrogen-bond donors (Lipinski definition) is 0. The summed E-state index contributed by atoms with van der Waals surface area (Å²) in [6.07, 6.45) is 3.48. The molecule has 25 heavy (non-hydrogen) atoms. The molecule has 0 radical (unpaired) electrons. The van der Waals surface area contributed by atoms with Gasteiger partial charge in [-0.05, 0) is 31.4 Å². The van der Waals surface area contributed by atoms with Crippen molar-refractivity contribution in [3.05, 3.63) is 47.4 Å². The second-order valence-electron chi connectivity index (χ2n) is 6.55. The zero-order valence-corrected chi connectivity index (χ0v) is 14.4. The summed E-state index contributed by atoms with van der Waals surface area (Å²) in [5, 5.41) is 0. The Hall–Kier alpha value is -2.47. The zero-order valence-electron chi connectivity index (χ0n) is 14.4. The van der Waals surface area contributed by atoms with Crippen molar-refractivity contribution in [1.82, 2.24) is 9.97 Å². The second kappa shape index (κ2) is 6.80. The number of nitrogens with zero attached hydrogens (tertiary/aromatic N) is 4. The summed E-state index contributed by atoms with van der Waals surface area (Å²) in [5.74, 6) is 0.740. The molecule has 0 bridgehead atoms. The Morgan fingerprint density at radius 3 is 2.80 bits per heavy atom. The predicted octanol–water partition coefficient (Wildman–Crippen LogP) is 2.21. The van der Waals surface area contributed by atoms with Gasteiger partial charge in [-0.25, -0.2) is 9.97 Å². The van der Waals surface area contributed by atoms with Crippen LogP contribution in [0.25, 0.3) is 0 Å². The maximum atomic E-state index is 13.1. The summed E-state index contributed by atoms with van der Waals surface area (Å²) in [6, 6.07) is 8.08. The Morgan fingerprint density at radius 2 is 1.96 bits per heavy atom. The normalized spacial score (nSPS) is 17.3. The zero-order chi connectivity index (χ0) is 17.2. The van der Waals surface area contributed by atoms with E-state index in [2.05, 4.69) is 33.9 Å². The van der Waals surface area contributed by atoms with Gasteiger partial charge in [-0.2, -0.15) is 0 Å². The molecule has 6 heteroatoms. The van der Waals surface area contributed by atoms with Gasteiger partial charge in [-0.1, -0.05) is 17.7 Å². The molecule has 130 valence electrons. The van der Waals surface area contributed by atoms with Gasteiger partial charge >= 0.3 is 0 Å². The number of anilines is 2. The molecule has 6 nitrogen and oxygen atoms in total. The molecule has 1 aromatic carbocycles. The third-order valence-electron chi connectivity index (χ3n) is 4.81. The molecule has 1 fully saturated rings. The number of benzene rings is 1. The van der Waals surface area contributed by atoms with Gasteiger partial charge in [0.1, 0.15) is 17.8 Å². The van der Waals surface area contributed by atoms with Crippen LogP contribution in [0.1, 0.15) is 28.0 Å². The number of carbonyl (C=O) groups excluding carboxylic acids is 1. The third kappa shape index (κ3) is 3.22. The van der Waals surface area contributed by atoms with E-state index in [4.69, 9.17) is 4.74 Å². The van der Waals surface area contributed by atoms with Crippen LogP contribution in [0.4, 0.5) is 11.5 Å². The first-order valence-electron chi connectivity index (χ1n) is 8.78. The summed E-state index contributed by atoms with van der Waals surface area (Å²) in [4.78, 5) is 25.6. The van der Waals surface area contributed by atoms with E-state index in [1.165, 1.54) is 17.5 Å². The molecule has 3 heterocycles. The van der Waals surface area contributed by atoms with E-state index in [1.54, 1.807) is 6.07 Å². The van der Waals surface area contributed by atoms with Crippen LogP contribution in [0.15, 0.2) is 30.6 Å². The van der Waals surface area contributed by atoms with Gasteiger partial charge in [0, 0.05) is 31.4 Å². The highest BCUT2D eigenvalue weighted by molar-refractivity contribution is 6.05. The topological polar surface area (TPSA) is 58.6 Å². The highest BCUT2D eigenvalue weighted by Crippen LogP contribution is 2.29. The van der Waals surface area contributed by atoms with Crippen molar-refractivity contribution in [2.45, 2.75) is 19.8 Å². The average molecular weight is 338 g/mol. The Kier molecular flexibility index (Phi) is 4.36. The number of carbonyl (C=O) groups is 1. The fraction of sp³-hybridized carbons (Fsp3) is 0.421. The molecule has 2 aliphatic rings. The number of aryl methyl sites for hydroxylation is 2. The van der Waals surface area contributed by atoms with Gasteiger partial charge in [0.05, 0.1) is 13.2 Å². The molecule has 2 aliphatic heterocycles. The Bertz CT molecular complexity index is 787. The molecule has 0 spiro atoms. The lowest BCUT2D eigenvalue weighted by atomic mass is 9.99. The molecule has 0 atom stereocenters. The van der Waals surface area contributed by atoms with E-state index in [1.807, 2.05) is 11.0 Å². The quantitative estimate of drug-likeness (QED) is 0.840. The highest BCUT2D eigenvalue weighted by Gasteiger charge is 2.25. The summed E-state index contributed by atoms with van der Waals surface area (Å²) in [5.41, 5.74) is 3.92. The minimum absolute atomic E-state index is 0.0540. The molecule has 2 aromatic rings. The molecule has 4 rings (SSSR count). The number of morpholine rings is 1. The smallest absolute Gasteiger partial charge is 0.277 e. The lowest BCUT2D eigenvalue weighted by Crippen LogP contribution is -2.38. The maximum Gasteiger partial charge on any atom is 0.277 e. The third-order valence-corrected chi connectivity index (χ3v) is 4.81. The van der Waals surface area contributed by atoms with Crippen LogP contribution in [0.2, 0.25) is 0 Å². The molecule has 0 unspecified atom stereocenters. The number of fused-ring (bicyclic) bond motifs is 1. The van der Waals surface area contributed by atoms with Gasteiger partial charge in [0.2, 0.25) is 0 Å². The average Bonchev–Trinajstić information content (AvgIpc) is 2.67. The van der Waals surface area contributed by atoms with E-state index in [9.17, 15) is 4.79 Å². The first-order valence-corrected chi connectivity index (χ1v) is 8.78. The first-order chi connectivity index (χ1) is 12.2. The Balaban J connectivity index is 1.61. The van der Waals surface area contributed by atoms with Crippen molar-refractivity contribution in [2.75, 3.05) is 42.6 Å².